The first-order valence-electron chi connectivity index (χ1n) is 6.05. The van der Waals surface area contributed by atoms with Gasteiger partial charge in [0.25, 0.3) is 0 Å². The molecule has 0 fully saturated rings. The van der Waals surface area contributed by atoms with Gasteiger partial charge < -0.3 is 0 Å². The zero-order valence-electron chi connectivity index (χ0n) is 9.51. The SMILES string of the molecule is O=C(S)CCCCCCCCCCCBr. The molecule has 15 heavy (non-hydrogen) atoms. The molecule has 0 N–H and O–H groups in total. The van der Waals surface area contributed by atoms with E-state index in [1.165, 1.54) is 51.4 Å². The molecular formula is C12H23BrOS. The van der Waals surface area contributed by atoms with Crippen LogP contribution in [0.5, 0.6) is 0 Å². The Morgan fingerprint density at radius 3 is 1.60 bits per heavy atom. The maximum absolute atomic E-state index is 10.5. The zero-order valence-corrected chi connectivity index (χ0v) is 12.0. The fourth-order valence-corrected chi connectivity index (χ4v) is 2.16. The van der Waals surface area contributed by atoms with Crippen LogP contribution in [0, 0.1) is 0 Å². The van der Waals surface area contributed by atoms with Gasteiger partial charge in [0, 0.05) is 11.8 Å². The molecule has 0 bridgehead atoms. The van der Waals surface area contributed by atoms with Crippen molar-refractivity contribution in [2.24, 2.45) is 0 Å². The lowest BCUT2D eigenvalue weighted by molar-refractivity contribution is -0.110. The lowest BCUT2D eigenvalue weighted by Crippen LogP contribution is -1.86. The number of alkyl halides is 1. The van der Waals surface area contributed by atoms with E-state index in [0.717, 1.165) is 11.8 Å². The Balaban J connectivity index is 2.89. The van der Waals surface area contributed by atoms with Gasteiger partial charge in [-0.25, -0.2) is 0 Å². The summed E-state index contributed by atoms with van der Waals surface area (Å²) >= 11 is 7.18. The van der Waals surface area contributed by atoms with E-state index in [1.807, 2.05) is 0 Å². The maximum atomic E-state index is 10.5. The number of carbonyl (C=O) groups is 1. The highest BCUT2D eigenvalue weighted by Gasteiger charge is 1.95. The van der Waals surface area contributed by atoms with Crippen LogP contribution in [0.25, 0.3) is 0 Å². The summed E-state index contributed by atoms with van der Waals surface area (Å²) in [6.45, 7) is 0. The van der Waals surface area contributed by atoms with Crippen LogP contribution in [-0.4, -0.2) is 10.4 Å². The van der Waals surface area contributed by atoms with Crippen molar-refractivity contribution in [1.29, 1.82) is 0 Å². The third kappa shape index (κ3) is 14.5. The van der Waals surface area contributed by atoms with Crippen LogP contribution in [-0.2, 0) is 4.79 Å². The largest absolute Gasteiger partial charge is 0.288 e. The maximum Gasteiger partial charge on any atom is 0.185 e. The number of halogens is 1. The summed E-state index contributed by atoms with van der Waals surface area (Å²) in [7, 11) is 0. The van der Waals surface area contributed by atoms with E-state index < -0.39 is 0 Å². The molecule has 1 nitrogen and oxygen atoms in total. The molecule has 0 saturated heterocycles. The van der Waals surface area contributed by atoms with Crippen molar-refractivity contribution in [2.45, 2.75) is 64.2 Å². The minimum atomic E-state index is 0.0322. The van der Waals surface area contributed by atoms with Gasteiger partial charge in [-0.3, -0.25) is 4.79 Å². The van der Waals surface area contributed by atoms with Gasteiger partial charge >= 0.3 is 0 Å². The Morgan fingerprint density at radius 2 is 1.20 bits per heavy atom. The molecule has 0 aromatic carbocycles. The topological polar surface area (TPSA) is 17.1 Å². The van der Waals surface area contributed by atoms with Crippen LogP contribution < -0.4 is 0 Å². The quantitative estimate of drug-likeness (QED) is 0.331. The molecular weight excluding hydrogens is 272 g/mol. The molecule has 0 amide bonds. The van der Waals surface area contributed by atoms with Gasteiger partial charge in [0.2, 0.25) is 0 Å². The highest BCUT2D eigenvalue weighted by Crippen LogP contribution is 2.11. The molecule has 0 aromatic rings. The third-order valence-corrected chi connectivity index (χ3v) is 3.31. The minimum absolute atomic E-state index is 0.0322. The molecule has 0 aliphatic carbocycles. The van der Waals surface area contributed by atoms with Gasteiger partial charge in [-0.1, -0.05) is 60.9 Å². The zero-order chi connectivity index (χ0) is 11.4. The third-order valence-electron chi connectivity index (χ3n) is 2.52. The Bertz CT molecular complexity index is 151. The van der Waals surface area contributed by atoms with Gasteiger partial charge in [-0.2, -0.15) is 0 Å². The molecule has 0 saturated carbocycles. The van der Waals surface area contributed by atoms with Crippen LogP contribution in [0.1, 0.15) is 64.2 Å². The lowest BCUT2D eigenvalue weighted by atomic mass is 10.1. The molecule has 0 unspecified atom stereocenters. The molecule has 0 radical (unpaired) electrons. The number of hydrogen-bond donors (Lipinski definition) is 1. The smallest absolute Gasteiger partial charge is 0.185 e. The Hall–Kier alpha value is 0.500. The highest BCUT2D eigenvalue weighted by molar-refractivity contribution is 9.09. The predicted molar refractivity (Wildman–Crippen MR) is 74.0 cm³/mol. The van der Waals surface area contributed by atoms with Crippen molar-refractivity contribution in [3.05, 3.63) is 0 Å². The van der Waals surface area contributed by atoms with Crippen molar-refractivity contribution in [3.63, 3.8) is 0 Å². The number of hydrogen-bond acceptors (Lipinski definition) is 1. The van der Waals surface area contributed by atoms with Crippen LogP contribution in [0.15, 0.2) is 0 Å². The van der Waals surface area contributed by atoms with E-state index in [1.54, 1.807) is 0 Å². The highest BCUT2D eigenvalue weighted by atomic mass is 79.9. The van der Waals surface area contributed by atoms with Crippen molar-refractivity contribution >= 4 is 33.7 Å². The first-order chi connectivity index (χ1) is 7.27. The second-order valence-electron chi connectivity index (χ2n) is 4.01. The van der Waals surface area contributed by atoms with Gasteiger partial charge in [0.05, 0.1) is 0 Å². The molecule has 3 heteroatoms. The first kappa shape index (κ1) is 15.5. The van der Waals surface area contributed by atoms with Gasteiger partial charge in [0.1, 0.15) is 0 Å². The van der Waals surface area contributed by atoms with Crippen molar-refractivity contribution in [2.75, 3.05) is 5.33 Å². The molecule has 0 aliphatic heterocycles. The molecule has 0 heterocycles. The van der Waals surface area contributed by atoms with E-state index in [2.05, 4.69) is 28.6 Å². The molecule has 0 aromatic heterocycles. The van der Waals surface area contributed by atoms with E-state index in [0.29, 0.717) is 6.42 Å². The van der Waals surface area contributed by atoms with Crippen molar-refractivity contribution < 1.29 is 4.79 Å². The van der Waals surface area contributed by atoms with Gasteiger partial charge in [-0.15, -0.1) is 12.6 Å². The number of unbranched alkanes of at least 4 members (excludes halogenated alkanes) is 8. The fourth-order valence-electron chi connectivity index (χ4n) is 1.61. The first-order valence-corrected chi connectivity index (χ1v) is 7.62. The van der Waals surface area contributed by atoms with E-state index >= 15 is 0 Å². The fraction of sp³-hybridized carbons (Fsp3) is 0.917. The lowest BCUT2D eigenvalue weighted by Gasteiger charge is -2.00. The van der Waals surface area contributed by atoms with Crippen LogP contribution in [0.4, 0.5) is 0 Å². The number of thiol groups is 1. The summed E-state index contributed by atoms with van der Waals surface area (Å²) < 4.78 is 0. The Kier molecular flexibility index (Phi) is 13.0. The van der Waals surface area contributed by atoms with Crippen LogP contribution in [0.3, 0.4) is 0 Å². The van der Waals surface area contributed by atoms with Crippen LogP contribution in [0.2, 0.25) is 0 Å². The number of carbonyl (C=O) groups excluding carboxylic acids is 1. The Morgan fingerprint density at radius 1 is 0.800 bits per heavy atom. The summed E-state index contributed by atoms with van der Waals surface area (Å²) in [6, 6.07) is 0. The monoisotopic (exact) mass is 294 g/mol. The molecule has 0 rings (SSSR count). The normalized spacial score (nSPS) is 10.5. The average Bonchev–Trinajstić information content (AvgIpc) is 2.20. The van der Waals surface area contributed by atoms with Gasteiger partial charge in [0.15, 0.2) is 5.12 Å². The number of rotatable bonds is 11. The summed E-state index contributed by atoms with van der Waals surface area (Å²) in [4.78, 5) is 10.5. The average molecular weight is 295 g/mol. The predicted octanol–water partition coefficient (Wildman–Crippen LogP) is 4.74. The van der Waals surface area contributed by atoms with Crippen molar-refractivity contribution in [1.82, 2.24) is 0 Å². The van der Waals surface area contributed by atoms with E-state index in [4.69, 9.17) is 0 Å². The summed E-state index contributed by atoms with van der Waals surface area (Å²) in [6.07, 6.45) is 12.2. The van der Waals surface area contributed by atoms with E-state index in [-0.39, 0.29) is 5.12 Å². The standard InChI is InChI=1S/C12H23BrOS/c13-11-9-7-5-3-1-2-4-6-8-10-12(14)15/h1-11H2,(H,14,15). The second kappa shape index (κ2) is 12.6. The van der Waals surface area contributed by atoms with Crippen LogP contribution >= 0.6 is 28.6 Å². The Labute approximate surface area is 108 Å². The summed E-state index contributed by atoms with van der Waals surface area (Å²) in [5.41, 5.74) is 0. The van der Waals surface area contributed by atoms with E-state index in [9.17, 15) is 4.79 Å². The molecule has 0 aliphatic rings. The molecule has 0 atom stereocenters. The molecule has 90 valence electrons. The van der Waals surface area contributed by atoms with Crippen molar-refractivity contribution in [3.8, 4) is 0 Å². The summed E-state index contributed by atoms with van der Waals surface area (Å²) in [5.74, 6) is 0. The van der Waals surface area contributed by atoms with Gasteiger partial charge in [-0.05, 0) is 12.8 Å². The minimum Gasteiger partial charge on any atom is -0.288 e. The molecule has 0 spiro atoms. The summed E-state index contributed by atoms with van der Waals surface area (Å²) in [5, 5.41) is 1.18. The second-order valence-corrected chi connectivity index (χ2v) is 5.31.